The van der Waals surface area contributed by atoms with Gasteiger partial charge in [-0.05, 0) is 67.8 Å². The van der Waals surface area contributed by atoms with E-state index in [1.807, 2.05) is 42.5 Å². The highest BCUT2D eigenvalue weighted by Crippen LogP contribution is 2.30. The van der Waals surface area contributed by atoms with E-state index in [2.05, 4.69) is 32.3 Å². The standard InChI is InChI=1S/C26H24N4O2/c31-25(28-21-9-11-22(12-10-21)30-17-5-2-6-18-30)23-24(19-13-15-27-16-14-19)32-26(29-23)20-7-3-1-4-8-20/h1,3-4,7-16H,2,5-6,17-18H2,(H,28,31). The SMILES string of the molecule is O=C(Nc1ccc(N2CCCCC2)cc1)c1nc(-c2ccccc2)oc1-c1ccncc1. The summed E-state index contributed by atoms with van der Waals surface area (Å²) in [5, 5.41) is 2.97. The molecule has 0 saturated carbocycles. The number of carbonyl (C=O) groups is 1. The fourth-order valence-corrected chi connectivity index (χ4v) is 3.98. The molecule has 2 aromatic heterocycles. The van der Waals surface area contributed by atoms with Crippen molar-refractivity contribution in [1.29, 1.82) is 0 Å². The second-order valence-corrected chi connectivity index (χ2v) is 7.85. The number of hydrogen-bond acceptors (Lipinski definition) is 5. The fourth-order valence-electron chi connectivity index (χ4n) is 3.98. The van der Waals surface area contributed by atoms with Crippen molar-refractivity contribution in [2.24, 2.45) is 0 Å². The van der Waals surface area contributed by atoms with Gasteiger partial charge in [0.05, 0.1) is 0 Å². The van der Waals surface area contributed by atoms with E-state index >= 15 is 0 Å². The fraction of sp³-hybridized carbons (Fsp3) is 0.192. The first-order valence-corrected chi connectivity index (χ1v) is 10.9. The van der Waals surface area contributed by atoms with Crippen LogP contribution < -0.4 is 10.2 Å². The van der Waals surface area contributed by atoms with Gasteiger partial charge >= 0.3 is 0 Å². The molecule has 160 valence electrons. The maximum absolute atomic E-state index is 13.2. The predicted octanol–water partition coefficient (Wildman–Crippen LogP) is 5.65. The summed E-state index contributed by atoms with van der Waals surface area (Å²) in [4.78, 5) is 24.2. The molecule has 6 heteroatoms. The average Bonchev–Trinajstić information content (AvgIpc) is 3.32. The number of nitrogens with one attached hydrogen (secondary N) is 1. The Morgan fingerprint density at radius 1 is 0.844 bits per heavy atom. The van der Waals surface area contributed by atoms with Gasteiger partial charge in [0.2, 0.25) is 5.89 Å². The number of hydrogen-bond donors (Lipinski definition) is 1. The Kier molecular flexibility index (Phi) is 5.66. The molecule has 32 heavy (non-hydrogen) atoms. The number of amides is 1. The molecule has 0 unspecified atom stereocenters. The predicted molar refractivity (Wildman–Crippen MR) is 126 cm³/mol. The zero-order valence-electron chi connectivity index (χ0n) is 17.7. The summed E-state index contributed by atoms with van der Waals surface area (Å²) < 4.78 is 6.04. The van der Waals surface area contributed by atoms with Crippen molar-refractivity contribution in [2.45, 2.75) is 19.3 Å². The van der Waals surface area contributed by atoms with Gasteiger partial charge in [0.25, 0.3) is 5.91 Å². The summed E-state index contributed by atoms with van der Waals surface area (Å²) in [6.07, 6.45) is 7.09. The van der Waals surface area contributed by atoms with Crippen molar-refractivity contribution in [3.05, 3.63) is 84.8 Å². The van der Waals surface area contributed by atoms with Gasteiger partial charge in [0.1, 0.15) is 0 Å². The second-order valence-electron chi connectivity index (χ2n) is 7.85. The highest BCUT2D eigenvalue weighted by Gasteiger charge is 2.22. The van der Waals surface area contributed by atoms with Crippen LogP contribution in [0.25, 0.3) is 22.8 Å². The lowest BCUT2D eigenvalue weighted by Crippen LogP contribution is -2.29. The summed E-state index contributed by atoms with van der Waals surface area (Å²) >= 11 is 0. The molecule has 6 nitrogen and oxygen atoms in total. The van der Waals surface area contributed by atoms with Crippen molar-refractivity contribution >= 4 is 17.3 Å². The Morgan fingerprint density at radius 3 is 2.28 bits per heavy atom. The average molecular weight is 425 g/mol. The van der Waals surface area contributed by atoms with Crippen molar-refractivity contribution in [3.8, 4) is 22.8 Å². The van der Waals surface area contributed by atoms with Crippen LogP contribution in [0.2, 0.25) is 0 Å². The summed E-state index contributed by atoms with van der Waals surface area (Å²) in [5.41, 5.74) is 3.72. The van der Waals surface area contributed by atoms with Gasteiger partial charge in [0.15, 0.2) is 11.5 Å². The third-order valence-corrected chi connectivity index (χ3v) is 5.65. The maximum Gasteiger partial charge on any atom is 0.278 e. The summed E-state index contributed by atoms with van der Waals surface area (Å²) in [6.45, 7) is 2.17. The molecule has 0 spiro atoms. The van der Waals surface area contributed by atoms with E-state index in [0.717, 1.165) is 29.9 Å². The van der Waals surface area contributed by atoms with Crippen LogP contribution in [-0.4, -0.2) is 29.0 Å². The number of piperidine rings is 1. The number of aromatic nitrogens is 2. The first kappa shape index (κ1) is 20.0. The molecule has 1 aliphatic heterocycles. The lowest BCUT2D eigenvalue weighted by Gasteiger charge is -2.28. The normalized spacial score (nSPS) is 13.7. The molecule has 1 aliphatic rings. The third kappa shape index (κ3) is 4.25. The third-order valence-electron chi connectivity index (χ3n) is 5.65. The summed E-state index contributed by atoms with van der Waals surface area (Å²) in [7, 11) is 0. The van der Waals surface area contributed by atoms with E-state index in [9.17, 15) is 4.79 Å². The second kappa shape index (κ2) is 9.06. The number of anilines is 2. The Hall–Kier alpha value is -3.93. The van der Waals surface area contributed by atoms with Gasteiger partial charge in [-0.2, -0.15) is 0 Å². The number of benzene rings is 2. The summed E-state index contributed by atoms with van der Waals surface area (Å²) in [5.74, 6) is 0.519. The van der Waals surface area contributed by atoms with Crippen molar-refractivity contribution < 1.29 is 9.21 Å². The van der Waals surface area contributed by atoms with Gasteiger partial charge in [-0.3, -0.25) is 9.78 Å². The smallest absolute Gasteiger partial charge is 0.278 e. The van der Waals surface area contributed by atoms with E-state index in [4.69, 9.17) is 4.42 Å². The lowest BCUT2D eigenvalue weighted by atomic mass is 10.1. The Morgan fingerprint density at radius 2 is 1.56 bits per heavy atom. The molecule has 1 amide bonds. The number of oxazole rings is 1. The topological polar surface area (TPSA) is 71.3 Å². The molecular formula is C26H24N4O2. The lowest BCUT2D eigenvalue weighted by molar-refractivity contribution is 0.102. The molecule has 1 fully saturated rings. The van der Waals surface area contributed by atoms with Crippen LogP contribution >= 0.6 is 0 Å². The van der Waals surface area contributed by atoms with E-state index in [1.165, 1.54) is 24.9 Å². The molecule has 1 N–H and O–H groups in total. The Balaban J connectivity index is 1.42. The van der Waals surface area contributed by atoms with Gasteiger partial charge in [0, 0.05) is 48.0 Å². The minimum atomic E-state index is -0.312. The summed E-state index contributed by atoms with van der Waals surface area (Å²) in [6, 6.07) is 21.2. The minimum absolute atomic E-state index is 0.246. The molecule has 5 rings (SSSR count). The van der Waals surface area contributed by atoms with Gasteiger partial charge in [-0.1, -0.05) is 18.2 Å². The quantitative estimate of drug-likeness (QED) is 0.448. The number of rotatable bonds is 5. The first-order valence-electron chi connectivity index (χ1n) is 10.9. The molecule has 3 heterocycles. The molecule has 0 aliphatic carbocycles. The van der Waals surface area contributed by atoms with Gasteiger partial charge in [-0.25, -0.2) is 4.98 Å². The molecule has 0 radical (unpaired) electrons. The van der Waals surface area contributed by atoms with E-state index in [1.54, 1.807) is 24.5 Å². The van der Waals surface area contributed by atoms with Gasteiger partial charge in [-0.15, -0.1) is 0 Å². The molecule has 0 bridgehead atoms. The van der Waals surface area contributed by atoms with Crippen molar-refractivity contribution in [2.75, 3.05) is 23.3 Å². The van der Waals surface area contributed by atoms with Crippen LogP contribution in [0.4, 0.5) is 11.4 Å². The Bertz CT molecular complexity index is 1180. The minimum Gasteiger partial charge on any atom is -0.435 e. The molecule has 4 aromatic rings. The highest BCUT2D eigenvalue weighted by molar-refractivity contribution is 6.06. The molecule has 2 aromatic carbocycles. The van der Waals surface area contributed by atoms with E-state index < -0.39 is 0 Å². The number of nitrogens with zero attached hydrogens (tertiary/aromatic N) is 3. The largest absolute Gasteiger partial charge is 0.435 e. The maximum atomic E-state index is 13.2. The Labute approximate surface area is 186 Å². The molecule has 1 saturated heterocycles. The van der Waals surface area contributed by atoms with Crippen LogP contribution in [0.5, 0.6) is 0 Å². The highest BCUT2D eigenvalue weighted by atomic mass is 16.4. The van der Waals surface area contributed by atoms with Crippen LogP contribution in [-0.2, 0) is 0 Å². The number of carbonyl (C=O) groups excluding carboxylic acids is 1. The van der Waals surface area contributed by atoms with E-state index in [-0.39, 0.29) is 11.6 Å². The number of pyridine rings is 1. The first-order chi connectivity index (χ1) is 15.8. The zero-order valence-corrected chi connectivity index (χ0v) is 17.7. The molecule has 0 atom stereocenters. The monoisotopic (exact) mass is 424 g/mol. The van der Waals surface area contributed by atoms with Crippen LogP contribution in [0.15, 0.2) is 83.5 Å². The van der Waals surface area contributed by atoms with E-state index in [0.29, 0.717) is 11.7 Å². The molecular weight excluding hydrogens is 400 g/mol. The van der Waals surface area contributed by atoms with Crippen molar-refractivity contribution in [3.63, 3.8) is 0 Å². The van der Waals surface area contributed by atoms with Crippen LogP contribution in [0.3, 0.4) is 0 Å². The van der Waals surface area contributed by atoms with Crippen LogP contribution in [0.1, 0.15) is 29.8 Å². The van der Waals surface area contributed by atoms with Gasteiger partial charge < -0.3 is 14.6 Å². The van der Waals surface area contributed by atoms with Crippen LogP contribution in [0, 0.1) is 0 Å². The van der Waals surface area contributed by atoms with Crippen molar-refractivity contribution in [1.82, 2.24) is 9.97 Å². The zero-order chi connectivity index (χ0) is 21.8.